The molecule has 0 amide bonds. The van der Waals surface area contributed by atoms with Gasteiger partial charge in [0.05, 0.1) is 16.7 Å². The number of aryl methyl sites for hydroxylation is 1. The molecular formula is C16H16FN3. The lowest BCUT2D eigenvalue weighted by molar-refractivity contribution is 0.632. The summed E-state index contributed by atoms with van der Waals surface area (Å²) in [4.78, 5) is 4.63. The van der Waals surface area contributed by atoms with Crippen molar-refractivity contribution in [1.82, 2.24) is 9.55 Å². The van der Waals surface area contributed by atoms with Crippen molar-refractivity contribution in [2.24, 2.45) is 0 Å². The van der Waals surface area contributed by atoms with Crippen LogP contribution in [0.25, 0.3) is 22.4 Å². The van der Waals surface area contributed by atoms with E-state index in [1.54, 1.807) is 6.07 Å². The van der Waals surface area contributed by atoms with Gasteiger partial charge in [0.25, 0.3) is 0 Å². The van der Waals surface area contributed by atoms with Crippen molar-refractivity contribution in [3.63, 3.8) is 0 Å². The van der Waals surface area contributed by atoms with E-state index in [-0.39, 0.29) is 5.69 Å². The summed E-state index contributed by atoms with van der Waals surface area (Å²) in [5, 5.41) is 0. The molecule has 0 fully saturated rings. The molecule has 0 saturated carbocycles. The Balaban J connectivity index is 2.23. The van der Waals surface area contributed by atoms with E-state index in [9.17, 15) is 4.39 Å². The van der Waals surface area contributed by atoms with Gasteiger partial charge in [0, 0.05) is 12.1 Å². The Morgan fingerprint density at radius 2 is 2.00 bits per heavy atom. The fourth-order valence-electron chi connectivity index (χ4n) is 2.41. The van der Waals surface area contributed by atoms with Crippen LogP contribution in [0.4, 0.5) is 10.1 Å². The molecule has 20 heavy (non-hydrogen) atoms. The van der Waals surface area contributed by atoms with Crippen molar-refractivity contribution in [1.29, 1.82) is 0 Å². The molecule has 0 bridgehead atoms. The number of anilines is 1. The molecule has 0 aliphatic rings. The number of nitrogen functional groups attached to an aromatic ring is 1. The van der Waals surface area contributed by atoms with E-state index >= 15 is 0 Å². The molecule has 1 aromatic heterocycles. The summed E-state index contributed by atoms with van der Waals surface area (Å²) < 4.78 is 15.8. The number of halogens is 1. The zero-order chi connectivity index (χ0) is 14.1. The SMILES string of the molecule is CCCn1c(-c2ccc(N)c(F)c2)nc2ccccc21. The zero-order valence-electron chi connectivity index (χ0n) is 11.3. The first kappa shape index (κ1) is 12.7. The predicted octanol–water partition coefficient (Wildman–Crippen LogP) is 3.83. The van der Waals surface area contributed by atoms with Crippen LogP contribution in [-0.4, -0.2) is 9.55 Å². The highest BCUT2D eigenvalue weighted by molar-refractivity contribution is 5.80. The third-order valence-corrected chi connectivity index (χ3v) is 3.36. The van der Waals surface area contributed by atoms with E-state index in [4.69, 9.17) is 5.73 Å². The van der Waals surface area contributed by atoms with Crippen molar-refractivity contribution >= 4 is 16.7 Å². The molecule has 0 saturated heterocycles. The lowest BCUT2D eigenvalue weighted by atomic mass is 10.2. The average Bonchev–Trinajstić information content (AvgIpc) is 2.82. The van der Waals surface area contributed by atoms with Gasteiger partial charge in [-0.1, -0.05) is 19.1 Å². The van der Waals surface area contributed by atoms with Gasteiger partial charge in [-0.2, -0.15) is 0 Å². The van der Waals surface area contributed by atoms with Crippen molar-refractivity contribution < 1.29 is 4.39 Å². The standard InChI is InChI=1S/C16H16FN3/c1-2-9-20-15-6-4-3-5-14(15)19-16(20)11-7-8-13(18)12(17)10-11/h3-8,10H,2,9,18H2,1H3. The number of nitrogens with zero attached hydrogens (tertiary/aromatic N) is 2. The van der Waals surface area contributed by atoms with E-state index in [0.717, 1.165) is 35.4 Å². The van der Waals surface area contributed by atoms with Gasteiger partial charge in [-0.05, 0) is 36.8 Å². The minimum Gasteiger partial charge on any atom is -0.396 e. The van der Waals surface area contributed by atoms with Crippen LogP contribution in [0.5, 0.6) is 0 Å². The Morgan fingerprint density at radius 1 is 1.20 bits per heavy atom. The molecule has 3 rings (SSSR count). The maximum Gasteiger partial charge on any atom is 0.146 e. The monoisotopic (exact) mass is 269 g/mol. The highest BCUT2D eigenvalue weighted by atomic mass is 19.1. The largest absolute Gasteiger partial charge is 0.396 e. The molecule has 4 heteroatoms. The highest BCUT2D eigenvalue weighted by Gasteiger charge is 2.12. The van der Waals surface area contributed by atoms with Gasteiger partial charge in [-0.25, -0.2) is 9.37 Å². The second-order valence-electron chi connectivity index (χ2n) is 4.81. The van der Waals surface area contributed by atoms with Crippen LogP contribution in [0.3, 0.4) is 0 Å². The van der Waals surface area contributed by atoms with Crippen molar-refractivity contribution in [3.8, 4) is 11.4 Å². The second kappa shape index (κ2) is 4.96. The van der Waals surface area contributed by atoms with E-state index in [2.05, 4.69) is 16.5 Å². The topological polar surface area (TPSA) is 43.8 Å². The third kappa shape index (κ3) is 2.03. The molecule has 2 aromatic carbocycles. The number of nitrogens with two attached hydrogens (primary N) is 1. The molecule has 3 nitrogen and oxygen atoms in total. The number of hydrogen-bond donors (Lipinski definition) is 1. The van der Waals surface area contributed by atoms with E-state index in [0.29, 0.717) is 0 Å². The normalized spacial score (nSPS) is 11.1. The Morgan fingerprint density at radius 3 is 2.75 bits per heavy atom. The summed E-state index contributed by atoms with van der Waals surface area (Å²) in [6.45, 7) is 2.96. The fraction of sp³-hybridized carbons (Fsp3) is 0.188. The maximum atomic E-state index is 13.7. The van der Waals surface area contributed by atoms with Crippen LogP contribution in [0.2, 0.25) is 0 Å². The first-order valence-corrected chi connectivity index (χ1v) is 6.71. The molecule has 2 N–H and O–H groups in total. The van der Waals surface area contributed by atoms with E-state index in [1.165, 1.54) is 6.07 Å². The number of benzene rings is 2. The summed E-state index contributed by atoms with van der Waals surface area (Å²) in [5.41, 5.74) is 8.44. The van der Waals surface area contributed by atoms with Crippen LogP contribution < -0.4 is 5.73 Å². The van der Waals surface area contributed by atoms with Gasteiger partial charge < -0.3 is 10.3 Å². The summed E-state index contributed by atoms with van der Waals surface area (Å²) >= 11 is 0. The number of fused-ring (bicyclic) bond motifs is 1. The van der Waals surface area contributed by atoms with Gasteiger partial charge in [0.1, 0.15) is 11.6 Å². The Hall–Kier alpha value is -2.36. The van der Waals surface area contributed by atoms with Crippen molar-refractivity contribution in [2.45, 2.75) is 19.9 Å². The Kier molecular flexibility index (Phi) is 3.14. The van der Waals surface area contributed by atoms with Crippen LogP contribution in [0, 0.1) is 5.82 Å². The molecule has 0 aliphatic carbocycles. The summed E-state index contributed by atoms with van der Waals surface area (Å²) in [5.74, 6) is 0.379. The van der Waals surface area contributed by atoms with Crippen LogP contribution in [0.1, 0.15) is 13.3 Å². The third-order valence-electron chi connectivity index (χ3n) is 3.36. The zero-order valence-corrected chi connectivity index (χ0v) is 11.3. The molecule has 1 heterocycles. The Labute approximate surface area is 116 Å². The lowest BCUT2D eigenvalue weighted by Gasteiger charge is -2.08. The minimum absolute atomic E-state index is 0.159. The highest BCUT2D eigenvalue weighted by Crippen LogP contribution is 2.27. The second-order valence-corrected chi connectivity index (χ2v) is 4.81. The van der Waals surface area contributed by atoms with Gasteiger partial charge >= 0.3 is 0 Å². The predicted molar refractivity (Wildman–Crippen MR) is 79.8 cm³/mol. The quantitative estimate of drug-likeness (QED) is 0.734. The molecule has 0 atom stereocenters. The van der Waals surface area contributed by atoms with E-state index < -0.39 is 5.82 Å². The van der Waals surface area contributed by atoms with Gasteiger partial charge in [0.15, 0.2) is 0 Å². The minimum atomic E-state index is -0.405. The van der Waals surface area contributed by atoms with Crippen molar-refractivity contribution in [3.05, 3.63) is 48.3 Å². The van der Waals surface area contributed by atoms with Crippen LogP contribution in [0.15, 0.2) is 42.5 Å². The van der Waals surface area contributed by atoms with Crippen molar-refractivity contribution in [2.75, 3.05) is 5.73 Å². The first-order chi connectivity index (χ1) is 9.70. The molecule has 0 unspecified atom stereocenters. The number of aromatic nitrogens is 2. The molecule has 0 spiro atoms. The number of hydrogen-bond acceptors (Lipinski definition) is 2. The molecule has 0 radical (unpaired) electrons. The number of rotatable bonds is 3. The maximum absolute atomic E-state index is 13.7. The lowest BCUT2D eigenvalue weighted by Crippen LogP contribution is -2.00. The molecule has 3 aromatic rings. The number of para-hydroxylation sites is 2. The molecule has 0 aliphatic heterocycles. The Bertz CT molecular complexity index is 762. The molecular weight excluding hydrogens is 253 g/mol. The smallest absolute Gasteiger partial charge is 0.146 e. The average molecular weight is 269 g/mol. The molecule has 102 valence electrons. The fourth-order valence-corrected chi connectivity index (χ4v) is 2.41. The summed E-state index contributed by atoms with van der Waals surface area (Å²) in [6.07, 6.45) is 0.991. The van der Waals surface area contributed by atoms with Gasteiger partial charge in [0.2, 0.25) is 0 Å². The number of imidazole rings is 1. The van der Waals surface area contributed by atoms with Crippen LogP contribution >= 0.6 is 0 Å². The van der Waals surface area contributed by atoms with Gasteiger partial charge in [-0.15, -0.1) is 0 Å². The summed E-state index contributed by atoms with van der Waals surface area (Å²) in [6, 6.07) is 12.8. The van der Waals surface area contributed by atoms with Gasteiger partial charge in [-0.3, -0.25) is 0 Å². The van der Waals surface area contributed by atoms with E-state index in [1.807, 2.05) is 30.3 Å². The summed E-state index contributed by atoms with van der Waals surface area (Å²) in [7, 11) is 0. The van der Waals surface area contributed by atoms with Crippen LogP contribution in [-0.2, 0) is 6.54 Å². The first-order valence-electron chi connectivity index (χ1n) is 6.71.